The number of nitrogens with one attached hydrogen (secondary N) is 2. The van der Waals surface area contributed by atoms with E-state index in [9.17, 15) is 9.59 Å². The fraction of sp³-hybridized carbons (Fsp3) is 0.529. The van der Waals surface area contributed by atoms with Gasteiger partial charge in [-0.2, -0.15) is 0 Å². The number of rotatable bonds is 4. The Morgan fingerprint density at radius 3 is 2.84 bits per heavy atom. The first-order valence-electron chi connectivity index (χ1n) is 8.48. The van der Waals surface area contributed by atoms with Crippen molar-refractivity contribution in [1.29, 1.82) is 0 Å². The lowest BCUT2D eigenvalue weighted by atomic mass is 10.2. The second kappa shape index (κ2) is 7.71. The van der Waals surface area contributed by atoms with Crippen molar-refractivity contribution < 1.29 is 19.1 Å². The van der Waals surface area contributed by atoms with Crippen LogP contribution in [0.4, 0.5) is 16.2 Å². The predicted octanol–water partition coefficient (Wildman–Crippen LogP) is 0.884. The van der Waals surface area contributed by atoms with Gasteiger partial charge in [0.05, 0.1) is 18.9 Å². The van der Waals surface area contributed by atoms with Crippen molar-refractivity contribution in [1.82, 2.24) is 10.2 Å². The third kappa shape index (κ3) is 4.21. The Kier molecular flexibility index (Phi) is 5.40. The van der Waals surface area contributed by atoms with Crippen molar-refractivity contribution in [3.63, 3.8) is 0 Å². The summed E-state index contributed by atoms with van der Waals surface area (Å²) in [6, 6.07) is 4.99. The van der Waals surface area contributed by atoms with E-state index in [2.05, 4.69) is 15.5 Å². The van der Waals surface area contributed by atoms with Crippen molar-refractivity contribution in [2.24, 2.45) is 0 Å². The van der Waals surface area contributed by atoms with Crippen LogP contribution in [0.5, 0.6) is 5.75 Å². The number of carbonyl (C=O) groups excluding carboxylic acids is 2. The molecule has 0 radical (unpaired) electrons. The molecule has 1 fully saturated rings. The number of carbonyl (C=O) groups is 2. The zero-order chi connectivity index (χ0) is 17.8. The topological polar surface area (TPSA) is 83.1 Å². The average molecular weight is 348 g/mol. The van der Waals surface area contributed by atoms with E-state index in [1.807, 2.05) is 0 Å². The molecule has 2 aliphatic heterocycles. The van der Waals surface area contributed by atoms with Crippen LogP contribution >= 0.6 is 0 Å². The molecule has 2 aliphatic rings. The fourth-order valence-electron chi connectivity index (χ4n) is 2.92. The average Bonchev–Trinajstić information content (AvgIpc) is 2.60. The number of anilines is 2. The third-order valence-electron chi connectivity index (χ3n) is 4.38. The second-order valence-corrected chi connectivity index (χ2v) is 6.17. The van der Waals surface area contributed by atoms with Gasteiger partial charge in [0.25, 0.3) is 5.91 Å². The number of morpholine rings is 1. The van der Waals surface area contributed by atoms with E-state index in [0.717, 1.165) is 32.8 Å². The molecular weight excluding hydrogens is 324 g/mol. The molecule has 0 saturated carbocycles. The number of fused-ring (bicyclic) bond motifs is 1. The number of amides is 3. The van der Waals surface area contributed by atoms with Gasteiger partial charge >= 0.3 is 6.03 Å². The molecule has 136 valence electrons. The maximum atomic E-state index is 12.0. The number of nitrogens with zero attached hydrogens (tertiary/aromatic N) is 2. The summed E-state index contributed by atoms with van der Waals surface area (Å²) in [5.74, 6) is 0.495. The molecule has 0 aliphatic carbocycles. The first-order chi connectivity index (χ1) is 12.0. The number of urea groups is 1. The largest absolute Gasteiger partial charge is 0.479 e. The van der Waals surface area contributed by atoms with Crippen LogP contribution in [0.25, 0.3) is 0 Å². The molecule has 8 heteroatoms. The summed E-state index contributed by atoms with van der Waals surface area (Å²) in [6.07, 6.45) is -0.532. The van der Waals surface area contributed by atoms with Crippen LogP contribution in [0.3, 0.4) is 0 Å². The van der Waals surface area contributed by atoms with Gasteiger partial charge in [0.15, 0.2) is 6.10 Å². The highest BCUT2D eigenvalue weighted by Crippen LogP contribution is 2.35. The van der Waals surface area contributed by atoms with Gasteiger partial charge < -0.3 is 25.0 Å². The summed E-state index contributed by atoms with van der Waals surface area (Å²) in [5, 5.41) is 5.64. The van der Waals surface area contributed by atoms with Gasteiger partial charge in [-0.1, -0.05) is 0 Å². The normalized spacial score (nSPS) is 20.6. The minimum atomic E-state index is -0.532. The maximum Gasteiger partial charge on any atom is 0.319 e. The molecule has 1 atom stereocenters. The van der Waals surface area contributed by atoms with Crippen molar-refractivity contribution in [3.8, 4) is 5.75 Å². The van der Waals surface area contributed by atoms with Crippen molar-refractivity contribution in [3.05, 3.63) is 18.2 Å². The highest BCUT2D eigenvalue weighted by molar-refractivity contribution is 6.00. The molecule has 1 unspecified atom stereocenters. The monoisotopic (exact) mass is 348 g/mol. The molecule has 2 heterocycles. The van der Waals surface area contributed by atoms with Crippen LogP contribution in [0.2, 0.25) is 0 Å². The zero-order valence-corrected chi connectivity index (χ0v) is 14.6. The van der Waals surface area contributed by atoms with E-state index < -0.39 is 6.10 Å². The highest BCUT2D eigenvalue weighted by atomic mass is 16.5. The molecule has 0 aromatic heterocycles. The highest BCUT2D eigenvalue weighted by Gasteiger charge is 2.28. The summed E-state index contributed by atoms with van der Waals surface area (Å²) in [6.45, 7) is 6.37. The lowest BCUT2D eigenvalue weighted by Gasteiger charge is -2.30. The molecule has 1 saturated heterocycles. The minimum Gasteiger partial charge on any atom is -0.479 e. The first-order valence-corrected chi connectivity index (χ1v) is 8.48. The molecule has 3 rings (SSSR count). The third-order valence-corrected chi connectivity index (χ3v) is 4.38. The standard InChI is InChI=1S/C17H24N4O4/c1-12-16(22)20(2)14-4-3-13(11-15(14)25-12)19-17(23)18-5-6-21-7-9-24-10-8-21/h3-4,11-12H,5-10H2,1-2H3,(H2,18,19,23). The number of hydrogen-bond acceptors (Lipinski definition) is 5. The molecule has 8 nitrogen and oxygen atoms in total. The van der Waals surface area contributed by atoms with Gasteiger partial charge in [-0.3, -0.25) is 9.69 Å². The SMILES string of the molecule is CC1Oc2cc(NC(=O)NCCN3CCOCC3)ccc2N(C)C1=O. The van der Waals surface area contributed by atoms with Gasteiger partial charge in [0, 0.05) is 45.0 Å². The van der Waals surface area contributed by atoms with Gasteiger partial charge in [-0.15, -0.1) is 0 Å². The van der Waals surface area contributed by atoms with Crippen LogP contribution in [-0.4, -0.2) is 69.4 Å². The van der Waals surface area contributed by atoms with Crippen molar-refractivity contribution in [2.75, 3.05) is 56.7 Å². The number of ether oxygens (including phenoxy) is 2. The van der Waals surface area contributed by atoms with Gasteiger partial charge in [0.1, 0.15) is 5.75 Å². The Morgan fingerprint density at radius 2 is 2.08 bits per heavy atom. The smallest absolute Gasteiger partial charge is 0.319 e. The molecule has 3 amide bonds. The summed E-state index contributed by atoms with van der Waals surface area (Å²) in [7, 11) is 1.71. The first kappa shape index (κ1) is 17.5. The lowest BCUT2D eigenvalue weighted by Crippen LogP contribution is -2.42. The molecule has 0 spiro atoms. The van der Waals surface area contributed by atoms with Gasteiger partial charge in [0.2, 0.25) is 0 Å². The Labute approximate surface area is 147 Å². The Balaban J connectivity index is 1.52. The predicted molar refractivity (Wildman–Crippen MR) is 94.2 cm³/mol. The van der Waals surface area contributed by atoms with Crippen molar-refractivity contribution in [2.45, 2.75) is 13.0 Å². The van der Waals surface area contributed by atoms with Gasteiger partial charge in [-0.05, 0) is 19.1 Å². The van der Waals surface area contributed by atoms with E-state index in [1.165, 1.54) is 0 Å². The molecule has 25 heavy (non-hydrogen) atoms. The molecule has 1 aromatic carbocycles. The Hall–Kier alpha value is -2.32. The summed E-state index contributed by atoms with van der Waals surface area (Å²) < 4.78 is 10.9. The van der Waals surface area contributed by atoms with Crippen LogP contribution in [0, 0.1) is 0 Å². The van der Waals surface area contributed by atoms with E-state index in [4.69, 9.17) is 9.47 Å². The number of benzene rings is 1. The minimum absolute atomic E-state index is 0.0888. The Morgan fingerprint density at radius 1 is 1.32 bits per heavy atom. The number of hydrogen-bond donors (Lipinski definition) is 2. The lowest BCUT2D eigenvalue weighted by molar-refractivity contribution is -0.125. The second-order valence-electron chi connectivity index (χ2n) is 6.17. The van der Waals surface area contributed by atoms with Gasteiger partial charge in [-0.25, -0.2) is 4.79 Å². The molecular formula is C17H24N4O4. The van der Waals surface area contributed by atoms with Crippen molar-refractivity contribution >= 4 is 23.3 Å². The van der Waals surface area contributed by atoms with E-state index >= 15 is 0 Å². The quantitative estimate of drug-likeness (QED) is 0.844. The fourth-order valence-corrected chi connectivity index (χ4v) is 2.92. The molecule has 0 bridgehead atoms. The van der Waals surface area contributed by atoms with Crippen LogP contribution < -0.4 is 20.3 Å². The maximum absolute atomic E-state index is 12.0. The summed E-state index contributed by atoms with van der Waals surface area (Å²) in [4.78, 5) is 27.8. The molecule has 2 N–H and O–H groups in total. The number of likely N-dealkylation sites (N-methyl/N-ethyl adjacent to an activating group) is 1. The van der Waals surface area contributed by atoms with E-state index in [1.54, 1.807) is 37.1 Å². The Bertz CT molecular complexity index is 646. The van der Waals surface area contributed by atoms with Crippen LogP contribution in [-0.2, 0) is 9.53 Å². The molecule has 1 aromatic rings. The summed E-state index contributed by atoms with van der Waals surface area (Å²) in [5.41, 5.74) is 1.32. The van der Waals surface area contributed by atoms with E-state index in [-0.39, 0.29) is 11.9 Å². The van der Waals surface area contributed by atoms with Crippen LogP contribution in [0.1, 0.15) is 6.92 Å². The zero-order valence-electron chi connectivity index (χ0n) is 14.6. The van der Waals surface area contributed by atoms with Crippen LogP contribution in [0.15, 0.2) is 18.2 Å². The van der Waals surface area contributed by atoms with E-state index in [0.29, 0.717) is 23.7 Å². The summed E-state index contributed by atoms with van der Waals surface area (Å²) >= 11 is 0.